The van der Waals surface area contributed by atoms with Gasteiger partial charge in [0.15, 0.2) is 12.6 Å². The van der Waals surface area contributed by atoms with Crippen molar-refractivity contribution in [3.63, 3.8) is 0 Å². The van der Waals surface area contributed by atoms with Crippen LogP contribution in [0.4, 0.5) is 0 Å². The molecule has 2 heterocycles. The molecule has 0 aliphatic carbocycles. The van der Waals surface area contributed by atoms with Gasteiger partial charge in [0.2, 0.25) is 53.2 Å². The van der Waals surface area contributed by atoms with E-state index < -0.39 is 195 Å². The lowest BCUT2D eigenvalue weighted by Gasteiger charge is -2.48. The third-order valence-electron chi connectivity index (χ3n) is 11.8. The Labute approximate surface area is 425 Å². The average Bonchev–Trinajstić information content (AvgIpc) is 3.33. The molecule has 2 fully saturated rings. The molecule has 31 heteroatoms. The zero-order valence-corrected chi connectivity index (χ0v) is 42.2. The van der Waals surface area contributed by atoms with Gasteiger partial charge in [-0.2, -0.15) is 0 Å². The molecule has 2 saturated heterocycles. The minimum absolute atomic E-state index is 0.0510. The molecule has 9 amide bonds. The van der Waals surface area contributed by atoms with Crippen LogP contribution in [0.3, 0.4) is 0 Å². The fourth-order valence-corrected chi connectivity index (χ4v) is 7.28. The standard InChI is InChI=1S/C43H75N11O20/c1-16(44)35(62)48-17(2)36(63)47-13-9-8-10-24(40(67)50-18(3)37(64)51-20(5)41(68)69)53-27(58)12-11-23(34(46)61)54-38(65)19(4)49-39(66)21(6)71-33-28(45)42(70)72-26(15-56)32(33)74-43-29(52-22(7)57)31(60)30(59)25(14-55)73-43/h16-21,23-26,28-33,42-43,55-56,59-60,70H,8-15,44-45H2,1-7H3,(H2,46,61)(H,47,63)(H,48,62)(H,49,66)(H,50,67)(H,51,64)(H,52,57)(H,53,58)(H,54,65)(H,68,69). The van der Waals surface area contributed by atoms with Crippen molar-refractivity contribution >= 4 is 59.1 Å². The summed E-state index contributed by atoms with van der Waals surface area (Å²) in [7, 11) is 0. The number of hydrogen-bond acceptors (Lipinski definition) is 21. The summed E-state index contributed by atoms with van der Waals surface area (Å²) < 4.78 is 22.9. The quantitative estimate of drug-likeness (QED) is 0.0309. The normalized spacial score (nSPS) is 26.9. The highest BCUT2D eigenvalue weighted by Crippen LogP contribution is 2.30. The first-order chi connectivity index (χ1) is 34.5. The Morgan fingerprint density at radius 2 is 1.19 bits per heavy atom. The van der Waals surface area contributed by atoms with Crippen LogP contribution in [0.2, 0.25) is 0 Å². The molecule has 31 nitrogen and oxygen atoms in total. The molecule has 0 aromatic heterocycles. The fraction of sp³-hybridized carbons (Fsp3) is 0.767. The second kappa shape index (κ2) is 30.6. The van der Waals surface area contributed by atoms with Crippen LogP contribution in [0.25, 0.3) is 0 Å². The second-order valence-electron chi connectivity index (χ2n) is 18.1. The van der Waals surface area contributed by atoms with Crippen LogP contribution in [0.1, 0.15) is 80.6 Å². The Hall–Kier alpha value is -5.74. The smallest absolute Gasteiger partial charge is 0.325 e. The van der Waals surface area contributed by atoms with Gasteiger partial charge >= 0.3 is 5.97 Å². The van der Waals surface area contributed by atoms with Crippen LogP contribution in [-0.4, -0.2) is 219 Å². The van der Waals surface area contributed by atoms with E-state index in [-0.39, 0.29) is 25.8 Å². The molecule has 422 valence electrons. The van der Waals surface area contributed by atoms with Crippen LogP contribution in [0.15, 0.2) is 0 Å². The third kappa shape index (κ3) is 19.8. The number of ether oxygens (including phenoxy) is 4. The highest BCUT2D eigenvalue weighted by atomic mass is 16.7. The molecule has 18 unspecified atom stereocenters. The largest absolute Gasteiger partial charge is 0.480 e. The van der Waals surface area contributed by atoms with Gasteiger partial charge in [0.05, 0.1) is 25.3 Å². The van der Waals surface area contributed by atoms with Gasteiger partial charge in [-0.3, -0.25) is 47.9 Å². The van der Waals surface area contributed by atoms with Crippen LogP contribution in [0.5, 0.6) is 0 Å². The lowest BCUT2D eigenvalue weighted by Crippen LogP contribution is -2.69. The molecule has 0 spiro atoms. The predicted octanol–water partition coefficient (Wildman–Crippen LogP) is -8.90. The van der Waals surface area contributed by atoms with Gasteiger partial charge in [-0.05, 0) is 67.2 Å². The molecule has 0 aromatic rings. The van der Waals surface area contributed by atoms with E-state index in [1.165, 1.54) is 41.5 Å². The maximum absolute atomic E-state index is 13.4. The molecule has 74 heavy (non-hydrogen) atoms. The molecule has 2 rings (SSSR count). The van der Waals surface area contributed by atoms with Crippen molar-refractivity contribution in [3.8, 4) is 0 Å². The minimum Gasteiger partial charge on any atom is -0.480 e. The number of carbonyl (C=O) groups excluding carboxylic acids is 9. The molecule has 0 bridgehead atoms. The van der Waals surface area contributed by atoms with Gasteiger partial charge in [0.1, 0.15) is 85.0 Å². The van der Waals surface area contributed by atoms with E-state index in [2.05, 4.69) is 42.5 Å². The first-order valence-electron chi connectivity index (χ1n) is 23.8. The molecule has 2 aliphatic rings. The first-order valence-corrected chi connectivity index (χ1v) is 23.8. The van der Waals surface area contributed by atoms with Gasteiger partial charge in [0.25, 0.3) is 0 Å². The number of rotatable bonds is 29. The number of amides is 9. The van der Waals surface area contributed by atoms with E-state index in [1.807, 2.05) is 0 Å². The monoisotopic (exact) mass is 1070 g/mol. The summed E-state index contributed by atoms with van der Waals surface area (Å²) in [5, 5.41) is 80.1. The highest BCUT2D eigenvalue weighted by Gasteiger charge is 2.52. The number of nitrogens with one attached hydrogen (secondary N) is 8. The lowest BCUT2D eigenvalue weighted by molar-refractivity contribution is -0.331. The topological polar surface area (TPSA) is 503 Å². The van der Waals surface area contributed by atoms with Crippen LogP contribution in [0, 0.1) is 0 Å². The number of aliphatic carboxylic acids is 1. The van der Waals surface area contributed by atoms with Crippen LogP contribution in [-0.2, 0) is 66.9 Å². The summed E-state index contributed by atoms with van der Waals surface area (Å²) in [5.74, 6) is -8.60. The van der Waals surface area contributed by atoms with E-state index >= 15 is 0 Å². The van der Waals surface area contributed by atoms with E-state index in [0.717, 1.165) is 6.92 Å². The van der Waals surface area contributed by atoms with Gasteiger partial charge in [-0.15, -0.1) is 0 Å². The molecule has 0 radical (unpaired) electrons. The molecular formula is C43H75N11O20. The Morgan fingerprint density at radius 3 is 1.74 bits per heavy atom. The summed E-state index contributed by atoms with van der Waals surface area (Å²) in [6.07, 6.45) is -14.8. The average molecular weight is 1070 g/mol. The Kier molecular flexibility index (Phi) is 26.6. The van der Waals surface area contributed by atoms with Crippen molar-refractivity contribution in [2.45, 2.75) is 190 Å². The van der Waals surface area contributed by atoms with Crippen molar-refractivity contribution in [2.75, 3.05) is 19.8 Å². The molecule has 0 aromatic carbocycles. The van der Waals surface area contributed by atoms with Crippen molar-refractivity contribution in [1.29, 1.82) is 0 Å². The molecule has 20 N–H and O–H groups in total. The van der Waals surface area contributed by atoms with Gasteiger partial charge in [0, 0.05) is 19.9 Å². The summed E-state index contributed by atoms with van der Waals surface area (Å²) >= 11 is 0. The van der Waals surface area contributed by atoms with Gasteiger partial charge in [-0.1, -0.05) is 0 Å². The van der Waals surface area contributed by atoms with Crippen LogP contribution >= 0.6 is 0 Å². The first kappa shape index (κ1) is 64.4. The van der Waals surface area contributed by atoms with E-state index in [4.69, 9.17) is 41.3 Å². The molecular weight excluding hydrogens is 991 g/mol. The zero-order chi connectivity index (χ0) is 56.3. The van der Waals surface area contributed by atoms with E-state index in [1.54, 1.807) is 0 Å². The summed E-state index contributed by atoms with van der Waals surface area (Å²) in [4.78, 5) is 126. The third-order valence-corrected chi connectivity index (χ3v) is 11.8. The van der Waals surface area contributed by atoms with Crippen molar-refractivity contribution in [3.05, 3.63) is 0 Å². The van der Waals surface area contributed by atoms with E-state index in [0.29, 0.717) is 0 Å². The number of carbonyl (C=O) groups is 10. The SMILES string of the molecule is CC(=O)NC1C(OC2C(CO)OC(O)C(N)C2OC(C)C(=O)NC(C)C(=O)NC(CCC(=O)NC(CCCCNC(=O)C(C)NC(=O)C(C)N)C(=O)NC(C)C(=O)NC(C)C(=O)O)C(N)=O)OC(CO)C(O)C1O. The Morgan fingerprint density at radius 1 is 0.635 bits per heavy atom. The van der Waals surface area contributed by atoms with Crippen LogP contribution < -0.4 is 59.7 Å². The highest BCUT2D eigenvalue weighted by molar-refractivity contribution is 5.94. The van der Waals surface area contributed by atoms with Crippen molar-refractivity contribution < 1.29 is 97.5 Å². The number of unbranched alkanes of at least 4 members (excludes halogenated alkanes) is 1. The maximum Gasteiger partial charge on any atom is 0.325 e. The minimum atomic E-state index is -1.80. The fourth-order valence-electron chi connectivity index (χ4n) is 7.28. The number of carboxylic acid groups (broad SMARTS) is 1. The second-order valence-corrected chi connectivity index (χ2v) is 18.1. The summed E-state index contributed by atoms with van der Waals surface area (Å²) in [6, 6.07) is -11.5. The number of aliphatic hydroxyl groups excluding tert-OH is 5. The van der Waals surface area contributed by atoms with E-state index in [9.17, 15) is 73.5 Å². The Bertz CT molecular complexity index is 1950. The summed E-state index contributed by atoms with van der Waals surface area (Å²) in [6.45, 7) is 7.38. The number of nitrogens with two attached hydrogens (primary N) is 3. The number of hydrogen-bond donors (Lipinski definition) is 17. The zero-order valence-electron chi connectivity index (χ0n) is 42.2. The van der Waals surface area contributed by atoms with Crippen molar-refractivity contribution in [1.82, 2.24) is 42.5 Å². The summed E-state index contributed by atoms with van der Waals surface area (Å²) in [5.41, 5.74) is 17.3. The molecule has 0 saturated carbocycles. The lowest BCUT2D eigenvalue weighted by atomic mass is 9.94. The van der Waals surface area contributed by atoms with Crippen molar-refractivity contribution in [2.24, 2.45) is 17.2 Å². The predicted molar refractivity (Wildman–Crippen MR) is 251 cm³/mol. The Balaban J connectivity index is 2.13. The van der Waals surface area contributed by atoms with Gasteiger partial charge < -0.3 is 109 Å². The van der Waals surface area contributed by atoms with Gasteiger partial charge in [-0.25, -0.2) is 0 Å². The number of aliphatic hydroxyl groups is 5. The molecule has 18 atom stereocenters. The number of carboxylic acids is 1. The molecule has 2 aliphatic heterocycles. The maximum atomic E-state index is 13.4. The number of primary amides is 1.